The van der Waals surface area contributed by atoms with Crippen LogP contribution < -0.4 is 0 Å². The van der Waals surface area contributed by atoms with E-state index in [-0.39, 0.29) is 16.8 Å². The summed E-state index contributed by atoms with van der Waals surface area (Å²) in [6.45, 7) is 0. The Bertz CT molecular complexity index is 503. The molecule has 0 unspecified atom stereocenters. The normalized spacial score (nSPS) is 9.50. The van der Waals surface area contributed by atoms with Crippen LogP contribution in [0.2, 0.25) is 0 Å². The van der Waals surface area contributed by atoms with Gasteiger partial charge in [0.2, 0.25) is 0 Å². The SMILES string of the molecule is [B].[B].c1ccc2cc3ncccc3cc2c1. The molecule has 16 heavy (non-hydrogen) atoms. The third kappa shape index (κ3) is 1.94. The molecule has 0 amide bonds. The minimum absolute atomic E-state index is 0. The van der Waals surface area contributed by atoms with Crippen LogP contribution in [0.15, 0.2) is 54.7 Å². The first kappa shape index (κ1) is 12.3. The standard InChI is InChI=1S/C13H9N.2B/c1-2-5-11-9-13-12(6-3-7-14-13)8-10(11)4-1;;/h1-9H;;. The van der Waals surface area contributed by atoms with Crippen molar-refractivity contribution in [3.63, 3.8) is 0 Å². The molecule has 3 aromatic rings. The molecule has 0 bridgehead atoms. The second-order valence-corrected chi connectivity index (χ2v) is 3.40. The Kier molecular flexibility index (Phi) is 3.73. The summed E-state index contributed by atoms with van der Waals surface area (Å²) in [4.78, 5) is 4.33. The molecule has 0 saturated carbocycles. The Balaban J connectivity index is 0.000000640. The van der Waals surface area contributed by atoms with Crippen molar-refractivity contribution in [2.45, 2.75) is 0 Å². The number of benzene rings is 2. The second-order valence-electron chi connectivity index (χ2n) is 3.40. The Morgan fingerprint density at radius 1 is 0.688 bits per heavy atom. The first-order valence-corrected chi connectivity index (χ1v) is 4.67. The fourth-order valence-corrected chi connectivity index (χ4v) is 1.76. The lowest BCUT2D eigenvalue weighted by Crippen LogP contribution is -1.78. The van der Waals surface area contributed by atoms with E-state index in [1.54, 1.807) is 0 Å². The molecule has 1 nitrogen and oxygen atoms in total. The van der Waals surface area contributed by atoms with E-state index < -0.39 is 0 Å². The van der Waals surface area contributed by atoms with Gasteiger partial charge in [0.05, 0.1) is 5.52 Å². The third-order valence-electron chi connectivity index (χ3n) is 2.47. The van der Waals surface area contributed by atoms with Crippen LogP contribution in [0.4, 0.5) is 0 Å². The quantitative estimate of drug-likeness (QED) is 0.402. The highest BCUT2D eigenvalue weighted by atomic mass is 14.6. The van der Waals surface area contributed by atoms with Gasteiger partial charge in [0, 0.05) is 28.4 Å². The molecule has 0 N–H and O–H groups in total. The first-order valence-electron chi connectivity index (χ1n) is 4.67. The van der Waals surface area contributed by atoms with Crippen LogP contribution >= 0.6 is 0 Å². The number of aromatic nitrogens is 1. The highest BCUT2D eigenvalue weighted by Gasteiger charge is 1.96. The largest absolute Gasteiger partial charge is 0.256 e. The Morgan fingerprint density at radius 3 is 2.06 bits per heavy atom. The Labute approximate surface area is 98.7 Å². The molecule has 0 spiro atoms. The van der Waals surface area contributed by atoms with E-state index in [1.807, 2.05) is 12.3 Å². The maximum Gasteiger partial charge on any atom is 0.0708 e. The van der Waals surface area contributed by atoms with Crippen molar-refractivity contribution in [1.82, 2.24) is 4.98 Å². The van der Waals surface area contributed by atoms with E-state index >= 15 is 0 Å². The van der Waals surface area contributed by atoms with Gasteiger partial charge in [0.15, 0.2) is 0 Å². The van der Waals surface area contributed by atoms with E-state index in [1.165, 1.54) is 16.2 Å². The van der Waals surface area contributed by atoms with E-state index in [0.29, 0.717) is 0 Å². The van der Waals surface area contributed by atoms with E-state index in [2.05, 4.69) is 47.4 Å². The van der Waals surface area contributed by atoms with E-state index in [9.17, 15) is 0 Å². The van der Waals surface area contributed by atoms with Gasteiger partial charge in [-0.3, -0.25) is 4.98 Å². The number of hydrogen-bond donors (Lipinski definition) is 0. The van der Waals surface area contributed by atoms with Gasteiger partial charge in [0.25, 0.3) is 0 Å². The molecule has 0 aliphatic rings. The van der Waals surface area contributed by atoms with Crippen LogP contribution in [-0.2, 0) is 0 Å². The summed E-state index contributed by atoms with van der Waals surface area (Å²) in [5, 5.41) is 3.72. The van der Waals surface area contributed by atoms with Gasteiger partial charge in [-0.1, -0.05) is 30.3 Å². The molecule has 0 aliphatic heterocycles. The summed E-state index contributed by atoms with van der Waals surface area (Å²) in [6, 6.07) is 16.7. The van der Waals surface area contributed by atoms with Crippen molar-refractivity contribution in [3.05, 3.63) is 54.7 Å². The summed E-state index contributed by atoms with van der Waals surface area (Å²) in [5.74, 6) is 0. The number of hydrogen-bond acceptors (Lipinski definition) is 1. The average molecular weight is 201 g/mol. The highest BCUT2D eigenvalue weighted by Crippen LogP contribution is 2.20. The lowest BCUT2D eigenvalue weighted by molar-refractivity contribution is 1.42. The van der Waals surface area contributed by atoms with Gasteiger partial charge in [0.1, 0.15) is 0 Å². The zero-order valence-electron chi connectivity index (χ0n) is 8.80. The van der Waals surface area contributed by atoms with Crippen LogP contribution in [-0.4, -0.2) is 21.8 Å². The van der Waals surface area contributed by atoms with Crippen LogP contribution in [0.3, 0.4) is 0 Å². The third-order valence-corrected chi connectivity index (χ3v) is 2.47. The molecular formula is C13H9B2N. The number of pyridine rings is 1. The maximum absolute atomic E-state index is 4.33. The zero-order chi connectivity index (χ0) is 9.38. The van der Waals surface area contributed by atoms with Gasteiger partial charge in [-0.05, 0) is 29.0 Å². The smallest absolute Gasteiger partial charge is 0.0708 e. The van der Waals surface area contributed by atoms with Gasteiger partial charge >= 0.3 is 0 Å². The van der Waals surface area contributed by atoms with Crippen LogP contribution in [0.25, 0.3) is 21.7 Å². The Hall–Kier alpha value is -1.76. The molecule has 2 aromatic carbocycles. The summed E-state index contributed by atoms with van der Waals surface area (Å²) >= 11 is 0. The van der Waals surface area contributed by atoms with Crippen molar-refractivity contribution in [1.29, 1.82) is 0 Å². The molecule has 6 radical (unpaired) electrons. The predicted octanol–water partition coefficient (Wildman–Crippen LogP) is 2.63. The monoisotopic (exact) mass is 201 g/mol. The number of fused-ring (bicyclic) bond motifs is 2. The summed E-state index contributed by atoms with van der Waals surface area (Å²) in [5.41, 5.74) is 1.06. The number of nitrogens with zero attached hydrogens (tertiary/aromatic N) is 1. The summed E-state index contributed by atoms with van der Waals surface area (Å²) in [6.07, 6.45) is 1.83. The minimum Gasteiger partial charge on any atom is -0.256 e. The van der Waals surface area contributed by atoms with Gasteiger partial charge < -0.3 is 0 Å². The second kappa shape index (κ2) is 4.84. The highest BCUT2D eigenvalue weighted by molar-refractivity contribution is 5.96. The predicted molar refractivity (Wildman–Crippen MR) is 70.8 cm³/mol. The molecule has 0 fully saturated rings. The number of rotatable bonds is 0. The van der Waals surface area contributed by atoms with Crippen LogP contribution in [0.1, 0.15) is 0 Å². The van der Waals surface area contributed by atoms with Crippen molar-refractivity contribution >= 4 is 38.5 Å². The van der Waals surface area contributed by atoms with Gasteiger partial charge in [-0.25, -0.2) is 0 Å². The fraction of sp³-hybridized carbons (Fsp3) is 0. The van der Waals surface area contributed by atoms with Crippen LogP contribution in [0, 0.1) is 0 Å². The van der Waals surface area contributed by atoms with Crippen molar-refractivity contribution in [2.75, 3.05) is 0 Å². The Morgan fingerprint density at radius 2 is 1.31 bits per heavy atom. The molecule has 0 aliphatic carbocycles. The molecule has 3 heteroatoms. The molecule has 1 aromatic heterocycles. The van der Waals surface area contributed by atoms with Crippen LogP contribution in [0.5, 0.6) is 0 Å². The first-order chi connectivity index (χ1) is 6.93. The summed E-state index contributed by atoms with van der Waals surface area (Å²) < 4.78 is 0. The molecule has 0 atom stereocenters. The van der Waals surface area contributed by atoms with Gasteiger partial charge in [-0.2, -0.15) is 0 Å². The zero-order valence-corrected chi connectivity index (χ0v) is 8.80. The molecule has 72 valence electrons. The fourth-order valence-electron chi connectivity index (χ4n) is 1.76. The lowest BCUT2D eigenvalue weighted by Gasteiger charge is -2.00. The topological polar surface area (TPSA) is 12.9 Å². The van der Waals surface area contributed by atoms with Crippen molar-refractivity contribution in [2.24, 2.45) is 0 Å². The molecule has 0 saturated heterocycles. The molecular weight excluding hydrogens is 192 g/mol. The maximum atomic E-state index is 4.33. The minimum atomic E-state index is 0. The summed E-state index contributed by atoms with van der Waals surface area (Å²) in [7, 11) is 0. The molecule has 3 rings (SSSR count). The van der Waals surface area contributed by atoms with Crippen molar-refractivity contribution < 1.29 is 0 Å². The molecule has 1 heterocycles. The lowest BCUT2D eigenvalue weighted by atomic mass is 10.1. The van der Waals surface area contributed by atoms with Crippen molar-refractivity contribution in [3.8, 4) is 0 Å². The van der Waals surface area contributed by atoms with E-state index in [4.69, 9.17) is 0 Å². The average Bonchev–Trinajstić information content (AvgIpc) is 2.26. The van der Waals surface area contributed by atoms with Gasteiger partial charge in [-0.15, -0.1) is 0 Å². The van der Waals surface area contributed by atoms with E-state index in [0.717, 1.165) is 5.52 Å².